The van der Waals surface area contributed by atoms with E-state index in [0.717, 1.165) is 10.6 Å². The molecule has 0 atom stereocenters. The Kier molecular flexibility index (Phi) is 5.14. The Morgan fingerprint density at radius 1 is 1.60 bits per heavy atom. The first-order valence-electron chi connectivity index (χ1n) is 4.85. The first-order chi connectivity index (χ1) is 7.27. The lowest BCUT2D eigenvalue weighted by Crippen LogP contribution is -2.33. The highest BCUT2D eigenvalue weighted by Crippen LogP contribution is 2.23. The number of likely N-dealkylation sites (N-methyl/N-ethyl adjacent to an activating group) is 1. The molecule has 0 bridgehead atoms. The molecule has 0 spiro atoms. The van der Waals surface area contributed by atoms with Gasteiger partial charge in [-0.3, -0.25) is 4.79 Å². The Balaban J connectivity index is 2.28. The smallest absolute Gasteiger partial charge is 0.233 e. The van der Waals surface area contributed by atoms with Gasteiger partial charge in [-0.15, -0.1) is 11.3 Å². The molecule has 1 rings (SSSR count). The van der Waals surface area contributed by atoms with Gasteiger partial charge in [-0.2, -0.15) is 0 Å². The van der Waals surface area contributed by atoms with E-state index in [0.29, 0.717) is 19.6 Å². The second-order valence-electron chi connectivity index (χ2n) is 2.97. The zero-order valence-corrected chi connectivity index (χ0v) is 9.82. The number of amides is 1. The summed E-state index contributed by atoms with van der Waals surface area (Å²) < 4.78 is 5.16. The van der Waals surface area contributed by atoms with Crippen molar-refractivity contribution in [1.82, 2.24) is 10.6 Å². The van der Waals surface area contributed by atoms with Crippen LogP contribution in [0.1, 0.15) is 11.8 Å². The number of ether oxygens (including phenoxy) is 1. The van der Waals surface area contributed by atoms with Gasteiger partial charge in [0.2, 0.25) is 5.91 Å². The molecule has 0 unspecified atom stereocenters. The summed E-state index contributed by atoms with van der Waals surface area (Å²) in [4.78, 5) is 12.2. The van der Waals surface area contributed by atoms with E-state index >= 15 is 0 Å². The highest BCUT2D eigenvalue weighted by atomic mass is 32.1. The molecule has 84 valence electrons. The number of nitrogens with one attached hydrogen (secondary N) is 2. The lowest BCUT2D eigenvalue weighted by Gasteiger charge is -2.05. The van der Waals surface area contributed by atoms with Crippen molar-refractivity contribution in [3.8, 4) is 5.75 Å². The van der Waals surface area contributed by atoms with Crippen LogP contribution in [-0.2, 0) is 11.3 Å². The Bertz CT molecular complexity index is 312. The largest absolute Gasteiger partial charge is 0.496 e. The molecule has 0 aliphatic heterocycles. The Labute approximate surface area is 93.6 Å². The summed E-state index contributed by atoms with van der Waals surface area (Å²) in [7, 11) is 1.65. The number of hydrogen-bond donors (Lipinski definition) is 2. The molecular formula is C10H16N2O2S. The molecule has 4 nitrogen and oxygen atoms in total. The molecule has 0 aliphatic rings. The maximum atomic E-state index is 11.1. The van der Waals surface area contributed by atoms with E-state index < -0.39 is 0 Å². The molecule has 1 aromatic heterocycles. The quantitative estimate of drug-likeness (QED) is 0.763. The molecule has 1 heterocycles. The van der Waals surface area contributed by atoms with Crippen LogP contribution < -0.4 is 15.4 Å². The van der Waals surface area contributed by atoms with Crippen LogP contribution in [0.5, 0.6) is 5.75 Å². The summed E-state index contributed by atoms with van der Waals surface area (Å²) in [6.45, 7) is 3.58. The van der Waals surface area contributed by atoms with Crippen molar-refractivity contribution in [2.45, 2.75) is 13.5 Å². The van der Waals surface area contributed by atoms with Crippen molar-refractivity contribution in [1.29, 1.82) is 0 Å². The number of hydrogen-bond acceptors (Lipinski definition) is 4. The van der Waals surface area contributed by atoms with Crippen molar-refractivity contribution in [3.05, 3.63) is 16.3 Å². The summed E-state index contributed by atoms with van der Waals surface area (Å²) in [5, 5.41) is 7.76. The van der Waals surface area contributed by atoms with Gasteiger partial charge in [0.15, 0.2) is 0 Å². The predicted octanol–water partition coefficient (Wildman–Crippen LogP) is 0.982. The molecule has 0 fully saturated rings. The zero-order valence-electron chi connectivity index (χ0n) is 9.00. The standard InChI is InChI=1S/C10H16N2O2S/c1-3-12-10(13)7-11-6-9-8(14-2)4-5-15-9/h4-5,11H,3,6-7H2,1-2H3,(H,12,13). The topological polar surface area (TPSA) is 50.4 Å². The second kappa shape index (κ2) is 6.42. The van der Waals surface area contributed by atoms with Gasteiger partial charge in [-0.1, -0.05) is 0 Å². The van der Waals surface area contributed by atoms with Crippen LogP contribution in [0.25, 0.3) is 0 Å². The third-order valence-corrected chi connectivity index (χ3v) is 2.77. The van der Waals surface area contributed by atoms with Crippen LogP contribution in [0.2, 0.25) is 0 Å². The number of methoxy groups -OCH3 is 1. The number of carbonyl (C=O) groups excluding carboxylic acids is 1. The Morgan fingerprint density at radius 3 is 3.07 bits per heavy atom. The molecule has 15 heavy (non-hydrogen) atoms. The fraction of sp³-hybridized carbons (Fsp3) is 0.500. The number of rotatable bonds is 6. The van der Waals surface area contributed by atoms with Crippen molar-refractivity contribution in [2.75, 3.05) is 20.2 Å². The molecule has 2 N–H and O–H groups in total. The predicted molar refractivity (Wildman–Crippen MR) is 61.3 cm³/mol. The molecule has 0 aliphatic carbocycles. The minimum Gasteiger partial charge on any atom is -0.496 e. The van der Waals surface area contributed by atoms with Gasteiger partial charge in [0.05, 0.1) is 18.5 Å². The van der Waals surface area contributed by atoms with E-state index in [1.165, 1.54) is 0 Å². The monoisotopic (exact) mass is 228 g/mol. The second-order valence-corrected chi connectivity index (χ2v) is 3.97. The summed E-state index contributed by atoms with van der Waals surface area (Å²) in [5.41, 5.74) is 0. The van der Waals surface area contributed by atoms with Crippen molar-refractivity contribution in [3.63, 3.8) is 0 Å². The lowest BCUT2D eigenvalue weighted by molar-refractivity contribution is -0.120. The van der Waals surface area contributed by atoms with E-state index in [4.69, 9.17) is 4.74 Å². The van der Waals surface area contributed by atoms with Gasteiger partial charge in [0, 0.05) is 13.1 Å². The van der Waals surface area contributed by atoms with Crippen LogP contribution in [0.3, 0.4) is 0 Å². The molecule has 0 radical (unpaired) electrons. The van der Waals surface area contributed by atoms with Gasteiger partial charge in [0.25, 0.3) is 0 Å². The van der Waals surface area contributed by atoms with Crippen molar-refractivity contribution < 1.29 is 9.53 Å². The minimum absolute atomic E-state index is 0.0213. The summed E-state index contributed by atoms with van der Waals surface area (Å²) in [6, 6.07) is 1.92. The van der Waals surface area contributed by atoms with Crippen LogP contribution >= 0.6 is 11.3 Å². The average Bonchev–Trinajstić information content (AvgIpc) is 2.66. The average molecular weight is 228 g/mol. The van der Waals surface area contributed by atoms with Gasteiger partial charge in [-0.25, -0.2) is 0 Å². The Hall–Kier alpha value is -1.07. The van der Waals surface area contributed by atoms with Crippen LogP contribution in [0.4, 0.5) is 0 Å². The van der Waals surface area contributed by atoms with E-state index in [2.05, 4.69) is 10.6 Å². The molecule has 5 heteroatoms. The molecule has 0 saturated carbocycles. The zero-order chi connectivity index (χ0) is 11.1. The third-order valence-electron chi connectivity index (χ3n) is 1.87. The van der Waals surface area contributed by atoms with Crippen LogP contribution in [-0.4, -0.2) is 26.1 Å². The van der Waals surface area contributed by atoms with Crippen molar-refractivity contribution in [2.24, 2.45) is 0 Å². The van der Waals surface area contributed by atoms with E-state index in [1.807, 2.05) is 18.4 Å². The fourth-order valence-electron chi connectivity index (χ4n) is 1.19. The van der Waals surface area contributed by atoms with E-state index in [9.17, 15) is 4.79 Å². The lowest BCUT2D eigenvalue weighted by atomic mass is 10.4. The van der Waals surface area contributed by atoms with Crippen LogP contribution in [0, 0.1) is 0 Å². The maximum Gasteiger partial charge on any atom is 0.233 e. The highest BCUT2D eigenvalue weighted by Gasteiger charge is 2.04. The summed E-state index contributed by atoms with van der Waals surface area (Å²) >= 11 is 1.62. The first kappa shape index (κ1) is 12.0. The summed E-state index contributed by atoms with van der Waals surface area (Å²) in [5.74, 6) is 0.899. The number of thiophene rings is 1. The van der Waals surface area contributed by atoms with Gasteiger partial charge in [-0.05, 0) is 18.4 Å². The molecular weight excluding hydrogens is 212 g/mol. The summed E-state index contributed by atoms with van der Waals surface area (Å²) in [6.07, 6.45) is 0. The molecule has 0 saturated heterocycles. The first-order valence-corrected chi connectivity index (χ1v) is 5.73. The van der Waals surface area contributed by atoms with Gasteiger partial charge in [0.1, 0.15) is 5.75 Å². The highest BCUT2D eigenvalue weighted by molar-refractivity contribution is 7.10. The Morgan fingerprint density at radius 2 is 2.40 bits per heavy atom. The van der Waals surface area contributed by atoms with Gasteiger partial charge < -0.3 is 15.4 Å². The van der Waals surface area contributed by atoms with E-state index in [-0.39, 0.29) is 5.91 Å². The maximum absolute atomic E-state index is 11.1. The van der Waals surface area contributed by atoms with E-state index in [1.54, 1.807) is 18.4 Å². The fourth-order valence-corrected chi connectivity index (χ4v) is 2.00. The minimum atomic E-state index is 0.0213. The normalized spacial score (nSPS) is 10.0. The third kappa shape index (κ3) is 3.89. The molecule has 1 aromatic rings. The molecule has 0 aromatic carbocycles. The number of carbonyl (C=O) groups is 1. The van der Waals surface area contributed by atoms with Crippen LogP contribution in [0.15, 0.2) is 11.4 Å². The SMILES string of the molecule is CCNC(=O)CNCc1sccc1OC. The van der Waals surface area contributed by atoms with Gasteiger partial charge >= 0.3 is 0 Å². The molecule has 1 amide bonds. The van der Waals surface area contributed by atoms with Crippen molar-refractivity contribution >= 4 is 17.2 Å².